The number of nitrogens with one attached hydrogen (secondary N) is 1. The molecule has 10 heteroatoms. The Bertz CT molecular complexity index is 995. The Morgan fingerprint density at radius 3 is 2.72 bits per heavy atom. The molecule has 1 N–H and O–H groups in total. The highest BCUT2D eigenvalue weighted by molar-refractivity contribution is 8.16. The molecule has 152 valence electrons. The summed E-state index contributed by atoms with van der Waals surface area (Å²) in [7, 11) is 1.51. The van der Waals surface area contributed by atoms with Crippen LogP contribution in [0.1, 0.15) is 17.5 Å². The fourth-order valence-electron chi connectivity index (χ4n) is 2.57. The molecule has 0 unspecified atom stereocenters. The molecule has 29 heavy (non-hydrogen) atoms. The lowest BCUT2D eigenvalue weighted by Gasteiger charge is -2.12. The molecule has 1 atom stereocenters. The number of anilines is 1. The number of benzene rings is 2. The zero-order valence-electron chi connectivity index (χ0n) is 14.9. The summed E-state index contributed by atoms with van der Waals surface area (Å²) >= 11 is 6.99. The number of ether oxygens (including phenoxy) is 1. The molecule has 0 aromatic heterocycles. The van der Waals surface area contributed by atoms with Gasteiger partial charge in [0.25, 0.3) is 5.91 Å². The lowest BCUT2D eigenvalue weighted by Crippen LogP contribution is -2.21. The number of halogens is 4. The SMILES string of the molecule is COc1cccc(C2=NC(=O)[C@H](CC(=O)Nc3cc(C(F)(F)F)ccc3Cl)S2)c1. The Balaban J connectivity index is 1.67. The molecular weight excluding hydrogens is 429 g/mol. The number of thioether (sulfide) groups is 1. The van der Waals surface area contributed by atoms with E-state index in [1.54, 1.807) is 24.3 Å². The third kappa shape index (κ3) is 5.10. The standard InChI is InChI=1S/C19H14ClF3N2O3S/c1-28-12-4-2-3-10(7-12)18-25-17(27)15(29-18)9-16(26)24-14-8-11(19(21,22)23)5-6-13(14)20/h2-8,15H,9H2,1H3,(H,24,26)/t15-/m0/s1. The largest absolute Gasteiger partial charge is 0.497 e. The fraction of sp³-hybridized carbons (Fsp3) is 0.211. The van der Waals surface area contributed by atoms with Crippen LogP contribution >= 0.6 is 23.4 Å². The van der Waals surface area contributed by atoms with Crippen molar-refractivity contribution in [2.45, 2.75) is 17.8 Å². The maximum Gasteiger partial charge on any atom is 0.416 e. The topological polar surface area (TPSA) is 67.8 Å². The number of hydrogen-bond acceptors (Lipinski definition) is 4. The summed E-state index contributed by atoms with van der Waals surface area (Å²) < 4.78 is 43.7. The first-order valence-corrected chi connectivity index (χ1v) is 9.53. The van der Waals surface area contributed by atoms with E-state index in [2.05, 4.69) is 10.3 Å². The third-order valence-electron chi connectivity index (χ3n) is 4.00. The first-order chi connectivity index (χ1) is 13.7. The number of rotatable bonds is 5. The van der Waals surface area contributed by atoms with Gasteiger partial charge in [0.05, 0.1) is 23.4 Å². The molecule has 2 aromatic carbocycles. The molecule has 0 aliphatic carbocycles. The summed E-state index contributed by atoms with van der Waals surface area (Å²) in [5, 5.41) is 1.97. The van der Waals surface area contributed by atoms with Gasteiger partial charge in [-0.1, -0.05) is 35.5 Å². The smallest absolute Gasteiger partial charge is 0.416 e. The molecule has 0 saturated carbocycles. The molecule has 3 rings (SSSR count). The zero-order chi connectivity index (χ0) is 21.2. The van der Waals surface area contributed by atoms with Crippen LogP contribution in [0.3, 0.4) is 0 Å². The van der Waals surface area contributed by atoms with E-state index >= 15 is 0 Å². The number of carbonyl (C=O) groups excluding carboxylic acids is 2. The second-order valence-corrected chi connectivity index (χ2v) is 7.64. The van der Waals surface area contributed by atoms with Crippen LogP contribution in [0.5, 0.6) is 5.75 Å². The minimum absolute atomic E-state index is 0.0370. The fourth-order valence-corrected chi connectivity index (χ4v) is 3.80. The van der Waals surface area contributed by atoms with Crippen LogP contribution in [0.2, 0.25) is 5.02 Å². The molecule has 5 nitrogen and oxygen atoms in total. The maximum atomic E-state index is 12.8. The van der Waals surface area contributed by atoms with Crippen LogP contribution in [0.25, 0.3) is 0 Å². The van der Waals surface area contributed by atoms with Crippen molar-refractivity contribution in [3.05, 3.63) is 58.6 Å². The molecule has 0 saturated heterocycles. The van der Waals surface area contributed by atoms with Gasteiger partial charge in [-0.3, -0.25) is 9.59 Å². The van der Waals surface area contributed by atoms with Crippen molar-refractivity contribution in [3.8, 4) is 5.75 Å². The highest BCUT2D eigenvalue weighted by Gasteiger charge is 2.33. The monoisotopic (exact) mass is 442 g/mol. The van der Waals surface area contributed by atoms with E-state index in [9.17, 15) is 22.8 Å². The Labute approximate surface area is 173 Å². The lowest BCUT2D eigenvalue weighted by atomic mass is 10.2. The average Bonchev–Trinajstić information content (AvgIpc) is 3.03. The predicted octanol–water partition coefficient (Wildman–Crippen LogP) is 4.78. The summed E-state index contributed by atoms with van der Waals surface area (Å²) in [6.45, 7) is 0. The van der Waals surface area contributed by atoms with E-state index in [0.29, 0.717) is 16.4 Å². The van der Waals surface area contributed by atoms with Crippen molar-refractivity contribution in [1.82, 2.24) is 0 Å². The van der Waals surface area contributed by atoms with E-state index in [1.807, 2.05) is 0 Å². The molecule has 2 aromatic rings. The summed E-state index contributed by atoms with van der Waals surface area (Å²) in [6.07, 6.45) is -4.83. The van der Waals surface area contributed by atoms with Gasteiger partial charge in [-0.15, -0.1) is 0 Å². The van der Waals surface area contributed by atoms with Crippen LogP contribution in [-0.2, 0) is 15.8 Å². The number of carbonyl (C=O) groups is 2. The number of aliphatic imine (C=N–C) groups is 1. The van der Waals surface area contributed by atoms with Crippen molar-refractivity contribution < 1.29 is 27.5 Å². The first kappa shape index (κ1) is 21.2. The Kier molecular flexibility index (Phi) is 6.18. The van der Waals surface area contributed by atoms with Gasteiger partial charge in [0.15, 0.2) is 0 Å². The predicted molar refractivity (Wildman–Crippen MR) is 106 cm³/mol. The lowest BCUT2D eigenvalue weighted by molar-refractivity contribution is -0.137. The van der Waals surface area contributed by atoms with Gasteiger partial charge >= 0.3 is 6.18 Å². The summed E-state index contributed by atoms with van der Waals surface area (Å²) in [5.74, 6) is -0.532. The normalized spacial score (nSPS) is 16.5. The second-order valence-electron chi connectivity index (χ2n) is 6.04. The summed E-state index contributed by atoms with van der Waals surface area (Å²) in [5.41, 5.74) is -0.436. The first-order valence-electron chi connectivity index (χ1n) is 8.27. The summed E-state index contributed by atoms with van der Waals surface area (Å²) in [6, 6.07) is 9.59. The molecule has 2 amide bonds. The van der Waals surface area contributed by atoms with Gasteiger partial charge in [0.1, 0.15) is 16.0 Å². The van der Waals surface area contributed by atoms with Gasteiger partial charge < -0.3 is 10.1 Å². The van der Waals surface area contributed by atoms with Crippen molar-refractivity contribution in [2.75, 3.05) is 12.4 Å². The van der Waals surface area contributed by atoms with Crippen molar-refractivity contribution in [1.29, 1.82) is 0 Å². The number of amides is 2. The van der Waals surface area contributed by atoms with Crippen molar-refractivity contribution in [3.63, 3.8) is 0 Å². The minimum Gasteiger partial charge on any atom is -0.497 e. The van der Waals surface area contributed by atoms with Crippen molar-refractivity contribution >= 4 is 45.9 Å². The van der Waals surface area contributed by atoms with Gasteiger partial charge in [-0.2, -0.15) is 13.2 Å². The molecule has 0 bridgehead atoms. The van der Waals surface area contributed by atoms with Crippen LogP contribution in [0, 0.1) is 0 Å². The molecule has 0 spiro atoms. The minimum atomic E-state index is -4.57. The molecule has 1 aliphatic rings. The van der Waals surface area contributed by atoms with Gasteiger partial charge in [0.2, 0.25) is 5.91 Å². The van der Waals surface area contributed by atoms with Gasteiger partial charge in [0, 0.05) is 12.0 Å². The highest BCUT2D eigenvalue weighted by atomic mass is 35.5. The maximum absolute atomic E-state index is 12.8. The Hall–Kier alpha value is -2.52. The van der Waals surface area contributed by atoms with Crippen LogP contribution in [-0.4, -0.2) is 29.2 Å². The highest BCUT2D eigenvalue weighted by Crippen LogP contribution is 2.34. The average molecular weight is 443 g/mol. The zero-order valence-corrected chi connectivity index (χ0v) is 16.5. The van der Waals surface area contributed by atoms with E-state index < -0.39 is 28.8 Å². The summed E-state index contributed by atoms with van der Waals surface area (Å²) in [4.78, 5) is 28.4. The van der Waals surface area contributed by atoms with Crippen LogP contribution < -0.4 is 10.1 Å². The van der Waals surface area contributed by atoms with Crippen LogP contribution in [0.4, 0.5) is 18.9 Å². The Morgan fingerprint density at radius 2 is 2.03 bits per heavy atom. The van der Waals surface area contributed by atoms with E-state index in [-0.39, 0.29) is 17.1 Å². The number of alkyl halides is 3. The Morgan fingerprint density at radius 1 is 1.28 bits per heavy atom. The molecule has 0 fully saturated rings. The van der Waals surface area contributed by atoms with Gasteiger partial charge in [-0.05, 0) is 30.3 Å². The van der Waals surface area contributed by atoms with Crippen LogP contribution in [0.15, 0.2) is 47.5 Å². The third-order valence-corrected chi connectivity index (χ3v) is 5.53. The van der Waals surface area contributed by atoms with Crippen molar-refractivity contribution in [2.24, 2.45) is 4.99 Å². The molecular formula is C19H14ClF3N2O3S. The number of nitrogens with zero attached hydrogens (tertiary/aromatic N) is 1. The van der Waals surface area contributed by atoms with Gasteiger partial charge in [-0.25, -0.2) is 4.99 Å². The second kappa shape index (κ2) is 8.46. The van der Waals surface area contributed by atoms with E-state index in [1.165, 1.54) is 7.11 Å². The quantitative estimate of drug-likeness (QED) is 0.723. The molecule has 0 radical (unpaired) electrons. The number of hydrogen-bond donors (Lipinski definition) is 1. The van der Waals surface area contributed by atoms with E-state index in [0.717, 1.165) is 30.0 Å². The number of methoxy groups -OCH3 is 1. The van der Waals surface area contributed by atoms with E-state index in [4.69, 9.17) is 16.3 Å². The molecule has 1 aliphatic heterocycles. The molecule has 1 heterocycles.